The predicted molar refractivity (Wildman–Crippen MR) is 57.4 cm³/mol. The maximum absolute atomic E-state index is 6.06. The fourth-order valence-corrected chi connectivity index (χ4v) is 2.21. The van der Waals surface area contributed by atoms with Crippen molar-refractivity contribution in [1.29, 1.82) is 0 Å². The Labute approximate surface area is 89.0 Å². The van der Waals surface area contributed by atoms with Crippen LogP contribution in [0.15, 0.2) is 30.6 Å². The van der Waals surface area contributed by atoms with Gasteiger partial charge in [0, 0.05) is 23.7 Å². The van der Waals surface area contributed by atoms with Crippen LogP contribution in [0.1, 0.15) is 31.0 Å². The Balaban J connectivity index is 2.16. The van der Waals surface area contributed by atoms with Crippen molar-refractivity contribution >= 4 is 11.6 Å². The van der Waals surface area contributed by atoms with Crippen LogP contribution in [0, 0.1) is 0 Å². The van der Waals surface area contributed by atoms with E-state index in [4.69, 9.17) is 11.6 Å². The minimum absolute atomic E-state index is 0.252. The van der Waals surface area contributed by atoms with Gasteiger partial charge in [0.15, 0.2) is 0 Å². The van der Waals surface area contributed by atoms with E-state index in [1.165, 1.54) is 5.57 Å². The highest BCUT2D eigenvalue weighted by Crippen LogP contribution is 2.36. The summed E-state index contributed by atoms with van der Waals surface area (Å²) in [6, 6.07) is 1.83. The molecule has 1 aliphatic rings. The van der Waals surface area contributed by atoms with Gasteiger partial charge in [0.05, 0.1) is 0 Å². The van der Waals surface area contributed by atoms with Gasteiger partial charge in [0.25, 0.3) is 0 Å². The third-order valence-corrected chi connectivity index (χ3v) is 3.01. The number of halogens is 1. The molecule has 0 amide bonds. The second kappa shape index (κ2) is 4.09. The average molecular weight is 209 g/mol. The first-order valence-electron chi connectivity index (χ1n) is 4.86. The Kier molecular flexibility index (Phi) is 2.82. The van der Waals surface area contributed by atoms with Crippen molar-refractivity contribution in [2.24, 2.45) is 0 Å². The highest BCUT2D eigenvalue weighted by atomic mass is 35.5. The topological polar surface area (TPSA) is 25.8 Å². The lowest BCUT2D eigenvalue weighted by molar-refractivity contribution is 0.530. The monoisotopic (exact) mass is 208 g/mol. The molecule has 74 valence electrons. The number of hydrogen-bond acceptors (Lipinski definition) is 2. The molecule has 1 fully saturated rings. The Bertz CT molecular complexity index is 323. The quantitative estimate of drug-likeness (QED) is 0.524. The molecule has 2 unspecified atom stereocenters. The zero-order chi connectivity index (χ0) is 9.97. The molecule has 2 nitrogen and oxygen atoms in total. The molecule has 14 heavy (non-hydrogen) atoms. The van der Waals surface area contributed by atoms with Crippen LogP contribution in [0.25, 0.3) is 0 Å². The van der Waals surface area contributed by atoms with E-state index < -0.39 is 0 Å². The number of nitrogens with zero attached hydrogens (tertiary/aromatic N) is 2. The molecule has 0 aromatic carbocycles. The van der Waals surface area contributed by atoms with Crippen molar-refractivity contribution in [2.45, 2.75) is 30.6 Å². The first-order chi connectivity index (χ1) is 6.77. The van der Waals surface area contributed by atoms with Crippen LogP contribution in [0.2, 0.25) is 0 Å². The van der Waals surface area contributed by atoms with Gasteiger partial charge in [-0.15, -0.1) is 11.6 Å². The Hall–Kier alpha value is -0.890. The molecule has 1 saturated carbocycles. The van der Waals surface area contributed by atoms with Gasteiger partial charge in [-0.25, -0.2) is 9.97 Å². The van der Waals surface area contributed by atoms with Gasteiger partial charge >= 0.3 is 0 Å². The highest BCUT2D eigenvalue weighted by molar-refractivity contribution is 6.20. The van der Waals surface area contributed by atoms with E-state index in [0.29, 0.717) is 5.92 Å². The lowest BCUT2D eigenvalue weighted by atomic mass is 9.84. The van der Waals surface area contributed by atoms with E-state index >= 15 is 0 Å². The van der Waals surface area contributed by atoms with E-state index in [-0.39, 0.29) is 5.38 Å². The molecule has 0 spiro atoms. The molecule has 0 bridgehead atoms. The molecular formula is C11H13ClN2. The van der Waals surface area contributed by atoms with Gasteiger partial charge in [-0.2, -0.15) is 0 Å². The van der Waals surface area contributed by atoms with Gasteiger partial charge in [-0.05, 0) is 25.3 Å². The van der Waals surface area contributed by atoms with Crippen molar-refractivity contribution in [3.63, 3.8) is 0 Å². The number of rotatable bonds is 1. The van der Waals surface area contributed by atoms with Crippen LogP contribution >= 0.6 is 11.6 Å². The van der Waals surface area contributed by atoms with E-state index in [0.717, 1.165) is 25.1 Å². The van der Waals surface area contributed by atoms with Crippen LogP contribution in [0.5, 0.6) is 0 Å². The van der Waals surface area contributed by atoms with Crippen LogP contribution in [-0.4, -0.2) is 15.3 Å². The van der Waals surface area contributed by atoms with Gasteiger partial charge < -0.3 is 0 Å². The highest BCUT2D eigenvalue weighted by Gasteiger charge is 2.25. The molecule has 3 heteroatoms. The molecule has 1 aliphatic carbocycles. The van der Waals surface area contributed by atoms with Crippen molar-refractivity contribution < 1.29 is 0 Å². The molecule has 2 atom stereocenters. The molecule has 1 aromatic heterocycles. The molecular weight excluding hydrogens is 196 g/mol. The van der Waals surface area contributed by atoms with Gasteiger partial charge in [0.2, 0.25) is 0 Å². The molecule has 1 aromatic rings. The first kappa shape index (κ1) is 9.66. The van der Waals surface area contributed by atoms with Gasteiger partial charge in [0.1, 0.15) is 5.82 Å². The summed E-state index contributed by atoms with van der Waals surface area (Å²) in [6.45, 7) is 4.06. The summed E-state index contributed by atoms with van der Waals surface area (Å²) in [5.74, 6) is 1.20. The van der Waals surface area contributed by atoms with Gasteiger partial charge in [-0.1, -0.05) is 12.2 Å². The average Bonchev–Trinajstić information content (AvgIpc) is 2.19. The fourth-order valence-electron chi connectivity index (χ4n) is 1.88. The molecule has 2 rings (SSSR count). The SMILES string of the molecule is C=C1CC(Cl)CCC1c1ncccn1. The second-order valence-electron chi connectivity index (χ2n) is 3.70. The van der Waals surface area contributed by atoms with Crippen LogP contribution in [0.4, 0.5) is 0 Å². The van der Waals surface area contributed by atoms with Gasteiger partial charge in [-0.3, -0.25) is 0 Å². The van der Waals surface area contributed by atoms with E-state index in [2.05, 4.69) is 16.5 Å². The van der Waals surface area contributed by atoms with E-state index in [9.17, 15) is 0 Å². The van der Waals surface area contributed by atoms with E-state index in [1.54, 1.807) is 12.4 Å². The van der Waals surface area contributed by atoms with Crippen LogP contribution < -0.4 is 0 Å². The Morgan fingerprint density at radius 1 is 1.29 bits per heavy atom. The fraction of sp³-hybridized carbons (Fsp3) is 0.455. The zero-order valence-corrected chi connectivity index (χ0v) is 8.74. The summed E-state index contributed by atoms with van der Waals surface area (Å²) in [7, 11) is 0. The summed E-state index contributed by atoms with van der Waals surface area (Å²) < 4.78 is 0. The molecule has 0 N–H and O–H groups in total. The van der Waals surface area contributed by atoms with Crippen LogP contribution in [-0.2, 0) is 0 Å². The van der Waals surface area contributed by atoms with Crippen molar-refractivity contribution in [3.05, 3.63) is 36.4 Å². The maximum Gasteiger partial charge on any atom is 0.135 e. The van der Waals surface area contributed by atoms with Crippen molar-refractivity contribution in [1.82, 2.24) is 9.97 Å². The minimum Gasteiger partial charge on any atom is -0.241 e. The second-order valence-corrected chi connectivity index (χ2v) is 4.31. The summed E-state index contributed by atoms with van der Waals surface area (Å²) in [4.78, 5) is 8.53. The smallest absolute Gasteiger partial charge is 0.135 e. The summed E-state index contributed by atoms with van der Waals surface area (Å²) >= 11 is 6.06. The summed E-state index contributed by atoms with van der Waals surface area (Å²) in [6.07, 6.45) is 6.51. The molecule has 0 saturated heterocycles. The lowest BCUT2D eigenvalue weighted by Crippen LogP contribution is -2.17. The zero-order valence-electron chi connectivity index (χ0n) is 7.99. The summed E-state index contributed by atoms with van der Waals surface area (Å²) in [5, 5.41) is 0.252. The Morgan fingerprint density at radius 2 is 2.00 bits per heavy atom. The standard InChI is InChI=1S/C11H13ClN2/c1-8-7-9(12)3-4-10(8)11-13-5-2-6-14-11/h2,5-6,9-10H,1,3-4,7H2. The number of aromatic nitrogens is 2. The predicted octanol–water partition coefficient (Wildman–Crippen LogP) is 2.91. The molecule has 1 heterocycles. The summed E-state index contributed by atoms with van der Waals surface area (Å²) in [5.41, 5.74) is 1.17. The third kappa shape index (κ3) is 1.95. The van der Waals surface area contributed by atoms with Crippen LogP contribution in [0.3, 0.4) is 0 Å². The molecule has 0 aliphatic heterocycles. The molecule has 0 radical (unpaired) electrons. The lowest BCUT2D eigenvalue weighted by Gasteiger charge is -2.26. The number of hydrogen-bond donors (Lipinski definition) is 0. The Morgan fingerprint density at radius 3 is 2.64 bits per heavy atom. The third-order valence-electron chi connectivity index (χ3n) is 2.64. The number of allylic oxidation sites excluding steroid dienone is 1. The van der Waals surface area contributed by atoms with E-state index in [1.807, 2.05) is 6.07 Å². The van der Waals surface area contributed by atoms with Crippen molar-refractivity contribution in [2.75, 3.05) is 0 Å². The first-order valence-corrected chi connectivity index (χ1v) is 5.29. The van der Waals surface area contributed by atoms with Crippen molar-refractivity contribution in [3.8, 4) is 0 Å². The largest absolute Gasteiger partial charge is 0.241 e. The maximum atomic E-state index is 6.06. The normalized spacial score (nSPS) is 27.6. The number of alkyl halides is 1. The minimum atomic E-state index is 0.252.